The maximum atomic E-state index is 6.06. The van der Waals surface area contributed by atoms with Gasteiger partial charge < -0.3 is 4.42 Å². The Morgan fingerprint density at radius 3 is 2.30 bits per heavy atom. The lowest BCUT2D eigenvalue weighted by molar-refractivity contribution is 0.584. The Morgan fingerprint density at radius 1 is 0.633 bits per heavy atom. The number of rotatable bonds is 3. The number of hydrogen-bond acceptors (Lipinski definition) is 4. The molecule has 0 fully saturated rings. The maximum absolute atomic E-state index is 6.06. The highest BCUT2D eigenvalue weighted by atomic mass is 16.4. The molecule has 0 aliphatic rings. The largest absolute Gasteiger partial charge is 0.416 e. The number of para-hydroxylation sites is 2. The molecule has 3 aromatic heterocycles. The summed E-state index contributed by atoms with van der Waals surface area (Å²) in [5, 5.41) is 10.9. The Bertz CT molecular complexity index is 1440. The number of aromatic nitrogens is 4. The van der Waals surface area contributed by atoms with Gasteiger partial charge in [0, 0.05) is 22.5 Å². The van der Waals surface area contributed by atoms with E-state index in [0.717, 1.165) is 38.8 Å². The maximum Gasteiger partial charge on any atom is 0.250 e. The van der Waals surface area contributed by atoms with Gasteiger partial charge in [-0.3, -0.25) is 4.57 Å². The van der Waals surface area contributed by atoms with Crippen LogP contribution in [0.25, 0.3) is 50.5 Å². The predicted molar refractivity (Wildman–Crippen MR) is 117 cm³/mol. The SMILES string of the molecule is c1ccc(-c2nnc(-c3ccccc3-n3c4ccccc4c4cccnc43)o2)cc1. The highest BCUT2D eigenvalue weighted by molar-refractivity contribution is 6.08. The van der Waals surface area contributed by atoms with Crippen molar-refractivity contribution in [1.29, 1.82) is 0 Å². The van der Waals surface area contributed by atoms with Crippen molar-refractivity contribution in [1.82, 2.24) is 19.7 Å². The molecule has 0 bridgehead atoms. The number of benzene rings is 3. The van der Waals surface area contributed by atoms with Crippen LogP contribution in [0.15, 0.2) is 102 Å². The summed E-state index contributed by atoms with van der Waals surface area (Å²) in [6.45, 7) is 0. The van der Waals surface area contributed by atoms with Crippen molar-refractivity contribution >= 4 is 21.9 Å². The molecule has 0 spiro atoms. The summed E-state index contributed by atoms with van der Waals surface area (Å²) in [7, 11) is 0. The molecule has 3 heterocycles. The van der Waals surface area contributed by atoms with Gasteiger partial charge in [-0.1, -0.05) is 48.5 Å². The zero-order valence-electron chi connectivity index (χ0n) is 15.9. The van der Waals surface area contributed by atoms with Crippen molar-refractivity contribution in [2.45, 2.75) is 0 Å². The minimum Gasteiger partial charge on any atom is -0.416 e. The van der Waals surface area contributed by atoms with Gasteiger partial charge in [0.1, 0.15) is 5.65 Å². The molecule has 142 valence electrons. The highest BCUT2D eigenvalue weighted by Gasteiger charge is 2.19. The molecule has 0 atom stereocenters. The lowest BCUT2D eigenvalue weighted by Gasteiger charge is -2.10. The molecule has 0 radical (unpaired) electrons. The van der Waals surface area contributed by atoms with E-state index in [-0.39, 0.29) is 0 Å². The van der Waals surface area contributed by atoms with Crippen LogP contribution in [-0.4, -0.2) is 19.7 Å². The van der Waals surface area contributed by atoms with Crippen molar-refractivity contribution in [2.24, 2.45) is 0 Å². The van der Waals surface area contributed by atoms with Gasteiger partial charge in [0.25, 0.3) is 0 Å². The Balaban J connectivity index is 1.60. The third-order valence-corrected chi connectivity index (χ3v) is 5.25. The van der Waals surface area contributed by atoms with Gasteiger partial charge in [0.15, 0.2) is 0 Å². The average Bonchev–Trinajstić information content (AvgIpc) is 3.43. The van der Waals surface area contributed by atoms with E-state index in [9.17, 15) is 0 Å². The van der Waals surface area contributed by atoms with Gasteiger partial charge >= 0.3 is 0 Å². The number of pyridine rings is 1. The Morgan fingerprint density at radius 2 is 1.37 bits per heavy atom. The van der Waals surface area contributed by atoms with E-state index in [1.165, 1.54) is 0 Å². The Labute approximate surface area is 172 Å². The zero-order chi connectivity index (χ0) is 19.9. The second kappa shape index (κ2) is 6.67. The van der Waals surface area contributed by atoms with Gasteiger partial charge in [-0.2, -0.15) is 0 Å². The van der Waals surface area contributed by atoms with Crippen molar-refractivity contribution < 1.29 is 4.42 Å². The molecular formula is C25H16N4O. The van der Waals surface area contributed by atoms with E-state index in [1.807, 2.05) is 66.9 Å². The smallest absolute Gasteiger partial charge is 0.250 e. The quantitative estimate of drug-likeness (QED) is 0.379. The van der Waals surface area contributed by atoms with Crippen LogP contribution in [-0.2, 0) is 0 Å². The minimum absolute atomic E-state index is 0.478. The first kappa shape index (κ1) is 16.7. The van der Waals surface area contributed by atoms with E-state index in [0.29, 0.717) is 11.8 Å². The summed E-state index contributed by atoms with van der Waals surface area (Å²) >= 11 is 0. The molecule has 0 aliphatic carbocycles. The topological polar surface area (TPSA) is 56.7 Å². The van der Waals surface area contributed by atoms with Crippen LogP contribution in [0.2, 0.25) is 0 Å². The first-order chi connectivity index (χ1) is 14.9. The summed E-state index contributed by atoms with van der Waals surface area (Å²) in [5.74, 6) is 0.979. The van der Waals surface area contributed by atoms with E-state index < -0.39 is 0 Å². The number of fused-ring (bicyclic) bond motifs is 3. The second-order valence-corrected chi connectivity index (χ2v) is 7.02. The summed E-state index contributed by atoms with van der Waals surface area (Å²) in [6.07, 6.45) is 1.82. The summed E-state index contributed by atoms with van der Waals surface area (Å²) in [6, 6.07) is 30.2. The van der Waals surface area contributed by atoms with Crippen LogP contribution < -0.4 is 0 Å². The number of hydrogen-bond donors (Lipinski definition) is 0. The monoisotopic (exact) mass is 388 g/mol. The van der Waals surface area contributed by atoms with E-state index >= 15 is 0 Å². The standard InChI is InChI=1S/C25H16N4O/c1-2-9-17(10-3-1)24-27-28-25(30-24)20-12-5-7-15-22(20)29-21-14-6-4-11-18(21)19-13-8-16-26-23(19)29/h1-16H. The molecule has 5 heteroatoms. The molecule has 0 amide bonds. The first-order valence-corrected chi connectivity index (χ1v) is 9.73. The predicted octanol–water partition coefficient (Wildman–Crippen LogP) is 5.90. The second-order valence-electron chi connectivity index (χ2n) is 7.02. The fraction of sp³-hybridized carbons (Fsp3) is 0. The molecular weight excluding hydrogens is 372 g/mol. The van der Waals surface area contributed by atoms with Gasteiger partial charge in [0.2, 0.25) is 11.8 Å². The van der Waals surface area contributed by atoms with Gasteiger partial charge in [0.05, 0.1) is 16.8 Å². The Kier molecular flexibility index (Phi) is 3.71. The first-order valence-electron chi connectivity index (χ1n) is 9.73. The third-order valence-electron chi connectivity index (χ3n) is 5.25. The molecule has 0 unspecified atom stereocenters. The van der Waals surface area contributed by atoms with Gasteiger partial charge in [-0.15, -0.1) is 10.2 Å². The van der Waals surface area contributed by atoms with Crippen molar-refractivity contribution in [3.05, 3.63) is 97.2 Å². The molecule has 0 saturated heterocycles. The fourth-order valence-corrected chi connectivity index (χ4v) is 3.92. The average molecular weight is 388 g/mol. The lowest BCUT2D eigenvalue weighted by Crippen LogP contribution is -1.98. The lowest BCUT2D eigenvalue weighted by atomic mass is 10.1. The zero-order valence-corrected chi connectivity index (χ0v) is 15.9. The van der Waals surface area contributed by atoms with Crippen LogP contribution in [0.1, 0.15) is 0 Å². The summed E-state index contributed by atoms with van der Waals surface area (Å²) in [4.78, 5) is 4.68. The van der Waals surface area contributed by atoms with Crippen LogP contribution in [0.3, 0.4) is 0 Å². The van der Waals surface area contributed by atoms with Crippen LogP contribution >= 0.6 is 0 Å². The molecule has 6 rings (SSSR count). The summed E-state index contributed by atoms with van der Waals surface area (Å²) in [5.41, 5.74) is 4.69. The fourth-order valence-electron chi connectivity index (χ4n) is 3.92. The van der Waals surface area contributed by atoms with E-state index in [1.54, 1.807) is 0 Å². The van der Waals surface area contributed by atoms with E-state index in [2.05, 4.69) is 50.1 Å². The van der Waals surface area contributed by atoms with Crippen molar-refractivity contribution in [3.8, 4) is 28.6 Å². The van der Waals surface area contributed by atoms with Gasteiger partial charge in [-0.05, 0) is 42.5 Å². The molecule has 0 aliphatic heterocycles. The third kappa shape index (κ3) is 2.53. The van der Waals surface area contributed by atoms with Crippen LogP contribution in [0, 0.1) is 0 Å². The van der Waals surface area contributed by atoms with Crippen LogP contribution in [0.5, 0.6) is 0 Å². The Hall–Kier alpha value is -4.25. The number of nitrogens with zero attached hydrogens (tertiary/aromatic N) is 4. The minimum atomic E-state index is 0.478. The van der Waals surface area contributed by atoms with E-state index in [4.69, 9.17) is 4.42 Å². The molecule has 0 N–H and O–H groups in total. The molecule has 30 heavy (non-hydrogen) atoms. The van der Waals surface area contributed by atoms with Crippen molar-refractivity contribution in [3.63, 3.8) is 0 Å². The molecule has 0 saturated carbocycles. The molecule has 6 aromatic rings. The highest BCUT2D eigenvalue weighted by Crippen LogP contribution is 2.35. The van der Waals surface area contributed by atoms with Crippen molar-refractivity contribution in [2.75, 3.05) is 0 Å². The normalized spacial score (nSPS) is 11.3. The molecule has 3 aromatic carbocycles. The van der Waals surface area contributed by atoms with Gasteiger partial charge in [-0.25, -0.2) is 4.98 Å². The summed E-state index contributed by atoms with van der Waals surface area (Å²) < 4.78 is 8.22. The molecule has 5 nitrogen and oxygen atoms in total. The van der Waals surface area contributed by atoms with Crippen LogP contribution in [0.4, 0.5) is 0 Å².